The minimum absolute atomic E-state index is 0.0189. The van der Waals surface area contributed by atoms with E-state index in [1.54, 1.807) is 0 Å². The highest BCUT2D eigenvalue weighted by Gasteiger charge is 2.37. The summed E-state index contributed by atoms with van der Waals surface area (Å²) in [4.78, 5) is 14.2. The van der Waals surface area contributed by atoms with E-state index in [2.05, 4.69) is 15.5 Å². The molecule has 0 bridgehead atoms. The summed E-state index contributed by atoms with van der Waals surface area (Å²) < 4.78 is 86.6. The van der Waals surface area contributed by atoms with Crippen LogP contribution >= 0.6 is 0 Å². The number of benzene rings is 1. The molecule has 1 atom stereocenters. The lowest BCUT2D eigenvalue weighted by Crippen LogP contribution is -2.30. The Bertz CT molecular complexity index is 1120. The second kappa shape index (κ2) is 8.60. The van der Waals surface area contributed by atoms with E-state index in [-0.39, 0.29) is 35.8 Å². The molecule has 0 saturated carbocycles. The van der Waals surface area contributed by atoms with Crippen LogP contribution in [0.4, 0.5) is 33.3 Å². The van der Waals surface area contributed by atoms with Crippen LogP contribution in [0, 0.1) is 4.78 Å². The lowest BCUT2D eigenvalue weighted by atomic mass is 10.1. The summed E-state index contributed by atoms with van der Waals surface area (Å²) in [7, 11) is -3.07. The third kappa shape index (κ3) is 5.69. The maximum atomic E-state index is 13.8. The van der Waals surface area contributed by atoms with Crippen molar-refractivity contribution in [2.24, 2.45) is 0 Å². The summed E-state index contributed by atoms with van der Waals surface area (Å²) in [5.74, 6) is -3.86. The maximum Gasteiger partial charge on any atom is 0.435 e. The predicted molar refractivity (Wildman–Crippen MR) is 107 cm³/mol. The molecule has 0 spiro atoms. The third-order valence-corrected chi connectivity index (χ3v) is 6.03. The van der Waals surface area contributed by atoms with E-state index >= 15 is 0 Å². The summed E-state index contributed by atoms with van der Waals surface area (Å²) in [6.07, 6.45) is -4.60. The van der Waals surface area contributed by atoms with Gasteiger partial charge in [-0.1, -0.05) is 6.07 Å². The first-order valence-electron chi connectivity index (χ1n) is 9.49. The number of anilines is 2. The Morgan fingerprint density at radius 1 is 1.19 bits per heavy atom. The fourth-order valence-corrected chi connectivity index (χ4v) is 3.92. The number of carbonyl (C=O) groups is 1. The van der Waals surface area contributed by atoms with Crippen molar-refractivity contribution in [3.63, 3.8) is 0 Å². The average Bonchev–Trinajstić information content (AvgIpc) is 2.87. The lowest BCUT2D eigenvalue weighted by Gasteiger charge is -2.25. The van der Waals surface area contributed by atoms with Gasteiger partial charge in [0, 0.05) is 42.8 Å². The van der Waals surface area contributed by atoms with Crippen LogP contribution in [0.15, 0.2) is 35.2 Å². The molecule has 2 heterocycles. The zero-order valence-electron chi connectivity index (χ0n) is 16.9. The normalized spacial score (nSPS) is 18.5. The zero-order chi connectivity index (χ0) is 23.7. The molecule has 1 aromatic carbocycles. The van der Waals surface area contributed by atoms with Crippen LogP contribution < -0.4 is 10.2 Å². The minimum atomic E-state index is -4.84. The van der Waals surface area contributed by atoms with Crippen LogP contribution in [-0.4, -0.2) is 45.6 Å². The van der Waals surface area contributed by atoms with Crippen molar-refractivity contribution < 1.29 is 31.0 Å². The van der Waals surface area contributed by atoms with Crippen LogP contribution in [0.1, 0.15) is 35.4 Å². The number of nitrogens with zero attached hydrogens (tertiary/aromatic N) is 3. The SMILES string of the molecule is CS(=N)(=O)c1cccc(NC(=O)c2nnc(C(F)(F)F)cc2N2CCCC(F)(F)CC2)c1. The van der Waals surface area contributed by atoms with Gasteiger partial charge in [0.25, 0.3) is 5.91 Å². The molecule has 174 valence electrons. The molecular weight excluding hydrogens is 457 g/mol. The van der Waals surface area contributed by atoms with Gasteiger partial charge in [-0.3, -0.25) is 4.79 Å². The zero-order valence-corrected chi connectivity index (χ0v) is 17.7. The quantitative estimate of drug-likeness (QED) is 0.636. The standard InChI is InChI=1S/C19H20F5N5O2S/c1-32(25,31)13-5-2-4-12(10-13)26-17(30)16-14(11-15(27-28-16)19(22,23)24)29-8-3-6-18(20,21)7-9-29/h2,4-5,10-11,25H,3,6-9H2,1H3,(H,26,30). The number of hydrogen-bond donors (Lipinski definition) is 2. The average molecular weight is 477 g/mol. The van der Waals surface area contributed by atoms with Crippen molar-refractivity contribution in [3.05, 3.63) is 41.7 Å². The molecule has 13 heteroatoms. The molecule has 1 fully saturated rings. The molecule has 0 radical (unpaired) electrons. The first kappa shape index (κ1) is 23.8. The number of alkyl halides is 5. The second-order valence-corrected chi connectivity index (χ2v) is 9.64. The molecule has 3 rings (SSSR count). The Morgan fingerprint density at radius 3 is 2.56 bits per heavy atom. The summed E-state index contributed by atoms with van der Waals surface area (Å²) in [5.41, 5.74) is -1.92. The van der Waals surface area contributed by atoms with E-state index < -0.39 is 52.0 Å². The highest BCUT2D eigenvalue weighted by Crippen LogP contribution is 2.34. The molecule has 2 N–H and O–H groups in total. The fourth-order valence-electron chi connectivity index (χ4n) is 3.23. The van der Waals surface area contributed by atoms with Gasteiger partial charge in [-0.25, -0.2) is 17.8 Å². The highest BCUT2D eigenvalue weighted by molar-refractivity contribution is 7.91. The van der Waals surface area contributed by atoms with Crippen LogP contribution in [0.25, 0.3) is 0 Å². The monoisotopic (exact) mass is 477 g/mol. The van der Waals surface area contributed by atoms with E-state index in [0.29, 0.717) is 6.07 Å². The molecule has 7 nitrogen and oxygen atoms in total. The fraction of sp³-hybridized carbons (Fsp3) is 0.421. The summed E-state index contributed by atoms with van der Waals surface area (Å²) in [6, 6.07) is 6.27. The minimum Gasteiger partial charge on any atom is -0.369 e. The first-order chi connectivity index (χ1) is 14.8. The molecule has 1 aliphatic heterocycles. The van der Waals surface area contributed by atoms with Gasteiger partial charge in [-0.05, 0) is 30.7 Å². The summed E-state index contributed by atoms with van der Waals surface area (Å²) in [5, 5.41) is 8.97. The molecule has 1 saturated heterocycles. The molecule has 0 aliphatic carbocycles. The summed E-state index contributed by atoms with van der Waals surface area (Å²) >= 11 is 0. The first-order valence-corrected chi connectivity index (χ1v) is 11.5. The van der Waals surface area contributed by atoms with Gasteiger partial charge in [0.15, 0.2) is 11.4 Å². The van der Waals surface area contributed by atoms with E-state index in [1.165, 1.54) is 35.4 Å². The van der Waals surface area contributed by atoms with Gasteiger partial charge in [0.2, 0.25) is 5.92 Å². The van der Waals surface area contributed by atoms with Crippen molar-refractivity contribution in [2.75, 3.05) is 29.6 Å². The van der Waals surface area contributed by atoms with E-state index in [4.69, 9.17) is 4.78 Å². The Morgan fingerprint density at radius 2 is 1.91 bits per heavy atom. The molecule has 2 aromatic rings. The van der Waals surface area contributed by atoms with Crippen LogP contribution in [0.3, 0.4) is 0 Å². The van der Waals surface area contributed by atoms with Gasteiger partial charge >= 0.3 is 6.18 Å². The molecule has 32 heavy (non-hydrogen) atoms. The van der Waals surface area contributed by atoms with Crippen LogP contribution in [-0.2, 0) is 15.9 Å². The highest BCUT2D eigenvalue weighted by atomic mass is 32.2. The molecular formula is C19H20F5N5O2S. The smallest absolute Gasteiger partial charge is 0.369 e. The topological polar surface area (TPSA) is 99.0 Å². The van der Waals surface area contributed by atoms with Crippen molar-refractivity contribution in [2.45, 2.75) is 36.3 Å². The number of carbonyl (C=O) groups excluding carboxylic acids is 1. The number of nitrogens with one attached hydrogen (secondary N) is 2. The van der Waals surface area contributed by atoms with Crippen molar-refractivity contribution in [1.29, 1.82) is 4.78 Å². The largest absolute Gasteiger partial charge is 0.435 e. The Hall–Kier alpha value is -2.83. The number of amides is 1. The van der Waals surface area contributed by atoms with Gasteiger partial charge in [0.05, 0.1) is 15.4 Å². The van der Waals surface area contributed by atoms with E-state index in [1.807, 2.05) is 0 Å². The van der Waals surface area contributed by atoms with Gasteiger partial charge in [-0.2, -0.15) is 13.2 Å². The van der Waals surface area contributed by atoms with Crippen molar-refractivity contribution in [3.8, 4) is 0 Å². The molecule has 1 amide bonds. The Labute approximate surface area is 181 Å². The van der Waals surface area contributed by atoms with Gasteiger partial charge < -0.3 is 10.2 Å². The Kier molecular flexibility index (Phi) is 6.40. The molecule has 1 aliphatic rings. The predicted octanol–water partition coefficient (Wildman–Crippen LogP) is 4.41. The van der Waals surface area contributed by atoms with Crippen molar-refractivity contribution >= 4 is 27.0 Å². The lowest BCUT2D eigenvalue weighted by molar-refractivity contribution is -0.141. The number of rotatable bonds is 4. The van der Waals surface area contributed by atoms with Crippen molar-refractivity contribution in [1.82, 2.24) is 10.2 Å². The van der Waals surface area contributed by atoms with E-state index in [0.717, 1.165) is 0 Å². The van der Waals surface area contributed by atoms with E-state index in [9.17, 15) is 31.0 Å². The third-order valence-electron chi connectivity index (χ3n) is 4.88. The second-order valence-electron chi connectivity index (χ2n) is 7.48. The number of hydrogen-bond acceptors (Lipinski definition) is 6. The number of aromatic nitrogens is 2. The van der Waals surface area contributed by atoms with Crippen LogP contribution in [0.2, 0.25) is 0 Å². The molecule has 1 aromatic heterocycles. The molecule has 1 unspecified atom stereocenters. The van der Waals surface area contributed by atoms with Gasteiger partial charge in [0.1, 0.15) is 0 Å². The van der Waals surface area contributed by atoms with Gasteiger partial charge in [-0.15, -0.1) is 10.2 Å². The van der Waals surface area contributed by atoms with Crippen LogP contribution in [0.5, 0.6) is 0 Å². The maximum absolute atomic E-state index is 13.8. The number of halogens is 5. The summed E-state index contributed by atoms with van der Waals surface area (Å²) in [6.45, 7) is -0.242. The Balaban J connectivity index is 1.97.